The van der Waals surface area contributed by atoms with Crippen LogP contribution in [0.15, 0.2) is 53.4 Å². The Kier molecular flexibility index (Phi) is 4.19. The van der Waals surface area contributed by atoms with Gasteiger partial charge in [-0.25, -0.2) is 13.1 Å². The van der Waals surface area contributed by atoms with Gasteiger partial charge in [0.1, 0.15) is 5.75 Å². The maximum Gasteiger partial charge on any atom is 0.240 e. The zero-order chi connectivity index (χ0) is 13.7. The molecule has 19 heavy (non-hydrogen) atoms. The Hall–Kier alpha value is -1.85. The highest BCUT2D eigenvalue weighted by Crippen LogP contribution is 2.14. The van der Waals surface area contributed by atoms with Crippen LogP contribution in [0.1, 0.15) is 5.56 Å². The summed E-state index contributed by atoms with van der Waals surface area (Å²) in [4.78, 5) is 0.145. The molecule has 0 unspecified atom stereocenters. The first-order valence-corrected chi connectivity index (χ1v) is 7.30. The van der Waals surface area contributed by atoms with Crippen LogP contribution in [0.2, 0.25) is 0 Å². The van der Waals surface area contributed by atoms with Crippen LogP contribution in [-0.4, -0.2) is 20.1 Å². The number of hydrogen-bond acceptors (Lipinski definition) is 3. The fourth-order valence-electron chi connectivity index (χ4n) is 1.63. The van der Waals surface area contributed by atoms with E-state index in [9.17, 15) is 8.42 Å². The van der Waals surface area contributed by atoms with Crippen molar-refractivity contribution in [3.63, 3.8) is 0 Å². The molecule has 2 rings (SSSR count). The Balaban J connectivity index is 1.97. The summed E-state index contributed by atoms with van der Waals surface area (Å²) >= 11 is 0. The molecular formula is C14H14NO3S. The lowest BCUT2D eigenvalue weighted by Gasteiger charge is -2.06. The fraction of sp³-hybridized carbons (Fsp3) is 0.143. The molecule has 0 fully saturated rings. The van der Waals surface area contributed by atoms with Gasteiger partial charge in [-0.15, -0.1) is 0 Å². The van der Waals surface area contributed by atoms with Gasteiger partial charge in [0.2, 0.25) is 10.0 Å². The van der Waals surface area contributed by atoms with Crippen LogP contribution in [0.4, 0.5) is 0 Å². The number of aromatic hydroxyl groups is 1. The van der Waals surface area contributed by atoms with Gasteiger partial charge in [-0.2, -0.15) is 0 Å². The van der Waals surface area contributed by atoms with E-state index in [1.54, 1.807) is 12.1 Å². The van der Waals surface area contributed by atoms with Crippen molar-refractivity contribution in [1.29, 1.82) is 0 Å². The number of nitrogens with one attached hydrogen (secondary N) is 1. The summed E-state index contributed by atoms with van der Waals surface area (Å²) in [5, 5.41) is 9.13. The normalized spacial score (nSPS) is 11.4. The first-order chi connectivity index (χ1) is 9.08. The van der Waals surface area contributed by atoms with Gasteiger partial charge >= 0.3 is 0 Å². The highest BCUT2D eigenvalue weighted by molar-refractivity contribution is 7.89. The standard InChI is InChI=1S/C14H14NO3S/c16-13-6-8-14(9-7-13)19(17,18)15-11-10-12-4-2-1-3-5-12/h2-9,15-16H,10-11H2. The second-order valence-electron chi connectivity index (χ2n) is 4.05. The van der Waals surface area contributed by atoms with Crippen molar-refractivity contribution in [2.24, 2.45) is 0 Å². The molecule has 1 radical (unpaired) electrons. The van der Waals surface area contributed by atoms with Gasteiger partial charge in [-0.1, -0.05) is 24.3 Å². The zero-order valence-electron chi connectivity index (χ0n) is 10.2. The number of hydrogen-bond donors (Lipinski definition) is 2. The second-order valence-corrected chi connectivity index (χ2v) is 5.82. The van der Waals surface area contributed by atoms with Crippen molar-refractivity contribution in [2.75, 3.05) is 6.54 Å². The largest absolute Gasteiger partial charge is 0.508 e. The third-order valence-corrected chi connectivity index (χ3v) is 4.12. The van der Waals surface area contributed by atoms with E-state index in [2.05, 4.69) is 10.8 Å². The van der Waals surface area contributed by atoms with Crippen LogP contribution in [0.5, 0.6) is 5.75 Å². The Bertz CT molecular complexity index is 622. The predicted molar refractivity (Wildman–Crippen MR) is 72.3 cm³/mol. The van der Waals surface area contributed by atoms with E-state index in [1.807, 2.05) is 12.1 Å². The molecule has 4 nitrogen and oxygen atoms in total. The Morgan fingerprint density at radius 3 is 2.32 bits per heavy atom. The Morgan fingerprint density at radius 1 is 1.05 bits per heavy atom. The highest BCUT2D eigenvalue weighted by atomic mass is 32.2. The minimum Gasteiger partial charge on any atom is -0.508 e. The molecule has 0 aliphatic heterocycles. The Labute approximate surface area is 112 Å². The van der Waals surface area contributed by atoms with E-state index in [0.717, 1.165) is 5.56 Å². The number of benzene rings is 2. The summed E-state index contributed by atoms with van der Waals surface area (Å²) in [5.41, 5.74) is 1.05. The second kappa shape index (κ2) is 5.86. The van der Waals surface area contributed by atoms with Crippen LogP contribution >= 0.6 is 0 Å². The molecule has 0 saturated heterocycles. The molecule has 99 valence electrons. The minimum atomic E-state index is -3.52. The SMILES string of the molecule is O=S(=O)(NCCc1cc[c]cc1)c1ccc(O)cc1. The molecule has 2 aromatic rings. The maximum atomic E-state index is 11.9. The lowest BCUT2D eigenvalue weighted by atomic mass is 10.2. The molecule has 5 heteroatoms. The lowest BCUT2D eigenvalue weighted by Crippen LogP contribution is -2.25. The highest BCUT2D eigenvalue weighted by Gasteiger charge is 2.12. The van der Waals surface area contributed by atoms with Gasteiger partial charge in [0.05, 0.1) is 4.90 Å². The molecule has 0 aliphatic rings. The van der Waals surface area contributed by atoms with Crippen LogP contribution in [0, 0.1) is 6.07 Å². The van der Waals surface area contributed by atoms with Crippen LogP contribution in [0.25, 0.3) is 0 Å². The smallest absolute Gasteiger partial charge is 0.240 e. The van der Waals surface area contributed by atoms with E-state index in [4.69, 9.17) is 5.11 Å². The van der Waals surface area contributed by atoms with Crippen molar-refractivity contribution in [1.82, 2.24) is 4.72 Å². The minimum absolute atomic E-state index is 0.0412. The van der Waals surface area contributed by atoms with Crippen molar-refractivity contribution in [3.05, 3.63) is 60.2 Å². The lowest BCUT2D eigenvalue weighted by molar-refractivity contribution is 0.474. The van der Waals surface area contributed by atoms with E-state index >= 15 is 0 Å². The number of sulfonamides is 1. The topological polar surface area (TPSA) is 66.4 Å². The van der Waals surface area contributed by atoms with E-state index in [1.165, 1.54) is 24.3 Å². The van der Waals surface area contributed by atoms with Crippen molar-refractivity contribution >= 4 is 10.0 Å². The third-order valence-electron chi connectivity index (χ3n) is 2.64. The molecule has 0 heterocycles. The van der Waals surface area contributed by atoms with Gasteiger partial charge in [0.15, 0.2) is 0 Å². The molecule has 0 bridgehead atoms. The van der Waals surface area contributed by atoms with E-state index < -0.39 is 10.0 Å². The monoisotopic (exact) mass is 276 g/mol. The van der Waals surface area contributed by atoms with Crippen LogP contribution in [0.3, 0.4) is 0 Å². The molecule has 2 N–H and O–H groups in total. The number of phenols is 1. The third kappa shape index (κ3) is 3.81. The summed E-state index contributed by atoms with van der Waals surface area (Å²) in [7, 11) is -3.52. The van der Waals surface area contributed by atoms with Crippen molar-refractivity contribution < 1.29 is 13.5 Å². The maximum absolute atomic E-state index is 11.9. The average molecular weight is 276 g/mol. The summed E-state index contributed by atoms with van der Waals surface area (Å²) < 4.78 is 26.4. The molecular weight excluding hydrogens is 262 g/mol. The predicted octanol–water partition coefficient (Wildman–Crippen LogP) is 1.71. The van der Waals surface area contributed by atoms with Crippen molar-refractivity contribution in [3.8, 4) is 5.75 Å². The van der Waals surface area contributed by atoms with Gasteiger partial charge in [0, 0.05) is 6.54 Å². The average Bonchev–Trinajstić information content (AvgIpc) is 2.40. The van der Waals surface area contributed by atoms with E-state index in [-0.39, 0.29) is 10.6 Å². The molecule has 0 spiro atoms. The molecule has 0 aliphatic carbocycles. The summed E-state index contributed by atoms with van der Waals surface area (Å²) in [6, 6.07) is 15.7. The summed E-state index contributed by atoms with van der Waals surface area (Å²) in [6.45, 7) is 0.327. The summed E-state index contributed by atoms with van der Waals surface area (Å²) in [5.74, 6) is 0.0412. The van der Waals surface area contributed by atoms with Gasteiger partial charge in [-0.05, 0) is 42.3 Å². The van der Waals surface area contributed by atoms with E-state index in [0.29, 0.717) is 13.0 Å². The number of rotatable bonds is 5. The zero-order valence-corrected chi connectivity index (χ0v) is 11.0. The van der Waals surface area contributed by atoms with Gasteiger partial charge < -0.3 is 5.11 Å². The van der Waals surface area contributed by atoms with Crippen molar-refractivity contribution in [2.45, 2.75) is 11.3 Å². The molecule has 0 amide bonds. The molecule has 0 atom stereocenters. The first kappa shape index (κ1) is 13.6. The quantitative estimate of drug-likeness (QED) is 0.873. The fourth-order valence-corrected chi connectivity index (χ4v) is 2.66. The van der Waals surface area contributed by atoms with Crippen LogP contribution < -0.4 is 4.72 Å². The van der Waals surface area contributed by atoms with Crippen LogP contribution in [-0.2, 0) is 16.4 Å². The summed E-state index contributed by atoms with van der Waals surface area (Å²) in [6.07, 6.45) is 0.617. The molecule has 2 aromatic carbocycles. The van der Waals surface area contributed by atoms with Gasteiger partial charge in [0.25, 0.3) is 0 Å². The first-order valence-electron chi connectivity index (χ1n) is 5.82. The molecule has 0 saturated carbocycles. The number of phenolic OH excluding ortho intramolecular Hbond substituents is 1. The van der Waals surface area contributed by atoms with Gasteiger partial charge in [-0.3, -0.25) is 0 Å². The Morgan fingerprint density at radius 2 is 1.68 bits per heavy atom. The molecule has 0 aromatic heterocycles.